The molecule has 1 aliphatic rings. The molecular weight excluding hydrogens is 236 g/mol. The molecule has 1 fully saturated rings. The molecular formula is C16H22N2O. The smallest absolute Gasteiger partial charge is 0.0959 e. The average Bonchev–Trinajstić information content (AvgIpc) is 2.73. The van der Waals surface area contributed by atoms with Gasteiger partial charge in [0.2, 0.25) is 0 Å². The molecule has 0 amide bonds. The Labute approximate surface area is 114 Å². The zero-order chi connectivity index (χ0) is 13.5. The van der Waals surface area contributed by atoms with Gasteiger partial charge < -0.3 is 9.67 Å². The predicted molar refractivity (Wildman–Crippen MR) is 77.2 cm³/mol. The maximum atomic E-state index is 10.7. The summed E-state index contributed by atoms with van der Waals surface area (Å²) < 4.78 is 2.12. The van der Waals surface area contributed by atoms with E-state index in [0.717, 1.165) is 36.7 Å². The Morgan fingerprint density at radius 1 is 1.16 bits per heavy atom. The van der Waals surface area contributed by atoms with Crippen LogP contribution in [0.3, 0.4) is 0 Å². The second-order valence-corrected chi connectivity index (χ2v) is 6.08. The number of aryl methyl sites for hydroxylation is 2. The SMILES string of the molecule is Cc1cc2ncn(CC3(O)CCCCC3)c2cc1C. The van der Waals surface area contributed by atoms with E-state index in [0.29, 0.717) is 6.54 Å². The van der Waals surface area contributed by atoms with Gasteiger partial charge in [-0.1, -0.05) is 19.3 Å². The number of fused-ring (bicyclic) bond motifs is 1. The van der Waals surface area contributed by atoms with Gasteiger partial charge in [0.15, 0.2) is 0 Å². The van der Waals surface area contributed by atoms with Gasteiger partial charge in [0.1, 0.15) is 0 Å². The molecule has 19 heavy (non-hydrogen) atoms. The number of aromatic nitrogens is 2. The van der Waals surface area contributed by atoms with Gasteiger partial charge in [-0.15, -0.1) is 0 Å². The molecule has 1 saturated carbocycles. The average molecular weight is 258 g/mol. The van der Waals surface area contributed by atoms with Gasteiger partial charge in [0.25, 0.3) is 0 Å². The summed E-state index contributed by atoms with van der Waals surface area (Å²) in [6.45, 7) is 4.91. The zero-order valence-corrected chi connectivity index (χ0v) is 11.8. The monoisotopic (exact) mass is 258 g/mol. The molecule has 0 unspecified atom stereocenters. The topological polar surface area (TPSA) is 38.0 Å². The van der Waals surface area contributed by atoms with Crippen LogP contribution in [0.15, 0.2) is 18.5 Å². The molecule has 0 saturated heterocycles. The predicted octanol–water partition coefficient (Wildman–Crippen LogP) is 3.35. The van der Waals surface area contributed by atoms with Crippen LogP contribution in [0, 0.1) is 13.8 Å². The molecule has 102 valence electrons. The van der Waals surface area contributed by atoms with Crippen LogP contribution in [0.4, 0.5) is 0 Å². The van der Waals surface area contributed by atoms with Crippen LogP contribution in [0.25, 0.3) is 11.0 Å². The van der Waals surface area contributed by atoms with E-state index in [2.05, 4.69) is 35.5 Å². The van der Waals surface area contributed by atoms with Gasteiger partial charge in [0, 0.05) is 0 Å². The Hall–Kier alpha value is -1.35. The highest BCUT2D eigenvalue weighted by Crippen LogP contribution is 2.30. The Bertz CT molecular complexity index is 594. The van der Waals surface area contributed by atoms with E-state index in [4.69, 9.17) is 0 Å². The third-order valence-electron chi connectivity index (χ3n) is 4.49. The van der Waals surface area contributed by atoms with Crippen molar-refractivity contribution in [3.05, 3.63) is 29.6 Å². The molecule has 1 aromatic carbocycles. The van der Waals surface area contributed by atoms with Crippen LogP contribution in [0.2, 0.25) is 0 Å². The highest BCUT2D eigenvalue weighted by Gasteiger charge is 2.29. The molecule has 0 atom stereocenters. The minimum absolute atomic E-state index is 0.537. The fraction of sp³-hybridized carbons (Fsp3) is 0.562. The number of imidazole rings is 1. The van der Waals surface area contributed by atoms with Crippen LogP contribution < -0.4 is 0 Å². The molecule has 0 aliphatic heterocycles. The van der Waals surface area contributed by atoms with Crippen molar-refractivity contribution in [3.63, 3.8) is 0 Å². The number of rotatable bonds is 2. The Kier molecular flexibility index (Phi) is 3.09. The van der Waals surface area contributed by atoms with E-state index in [1.54, 1.807) is 0 Å². The maximum absolute atomic E-state index is 10.7. The van der Waals surface area contributed by atoms with Crippen molar-refractivity contribution >= 4 is 11.0 Å². The van der Waals surface area contributed by atoms with E-state index < -0.39 is 5.60 Å². The largest absolute Gasteiger partial charge is 0.388 e. The summed E-state index contributed by atoms with van der Waals surface area (Å²) in [5.74, 6) is 0. The lowest BCUT2D eigenvalue weighted by Crippen LogP contribution is -2.36. The number of hydrogen-bond acceptors (Lipinski definition) is 2. The molecule has 0 spiro atoms. The molecule has 0 bridgehead atoms. The molecule has 0 radical (unpaired) electrons. The minimum Gasteiger partial charge on any atom is -0.388 e. The lowest BCUT2D eigenvalue weighted by Gasteiger charge is -2.32. The Balaban J connectivity index is 1.94. The highest BCUT2D eigenvalue weighted by molar-refractivity contribution is 5.77. The quantitative estimate of drug-likeness (QED) is 0.897. The van der Waals surface area contributed by atoms with Gasteiger partial charge in [-0.05, 0) is 49.9 Å². The maximum Gasteiger partial charge on any atom is 0.0959 e. The van der Waals surface area contributed by atoms with Crippen LogP contribution >= 0.6 is 0 Å². The van der Waals surface area contributed by atoms with Crippen LogP contribution in [0.5, 0.6) is 0 Å². The van der Waals surface area contributed by atoms with Crippen molar-refractivity contribution in [3.8, 4) is 0 Å². The second kappa shape index (κ2) is 4.64. The third kappa shape index (κ3) is 2.39. The van der Waals surface area contributed by atoms with Crippen molar-refractivity contribution in [1.82, 2.24) is 9.55 Å². The van der Waals surface area contributed by atoms with Gasteiger partial charge in [-0.3, -0.25) is 0 Å². The number of nitrogens with zero attached hydrogens (tertiary/aromatic N) is 2. The fourth-order valence-corrected chi connectivity index (χ4v) is 3.12. The van der Waals surface area contributed by atoms with E-state index in [1.807, 2.05) is 6.33 Å². The Morgan fingerprint density at radius 3 is 2.58 bits per heavy atom. The van der Waals surface area contributed by atoms with Gasteiger partial charge in [-0.25, -0.2) is 4.98 Å². The normalized spacial score (nSPS) is 18.9. The van der Waals surface area contributed by atoms with Gasteiger partial charge in [0.05, 0.1) is 29.5 Å². The van der Waals surface area contributed by atoms with Crippen LogP contribution in [0.1, 0.15) is 43.2 Å². The van der Waals surface area contributed by atoms with E-state index in [-0.39, 0.29) is 0 Å². The summed E-state index contributed by atoms with van der Waals surface area (Å²) in [6.07, 6.45) is 7.24. The summed E-state index contributed by atoms with van der Waals surface area (Å²) in [5.41, 5.74) is 4.19. The van der Waals surface area contributed by atoms with Crippen molar-refractivity contribution in [1.29, 1.82) is 0 Å². The van der Waals surface area contributed by atoms with Crippen molar-refractivity contribution in [2.45, 2.75) is 58.1 Å². The first-order valence-electron chi connectivity index (χ1n) is 7.22. The Morgan fingerprint density at radius 2 is 1.84 bits per heavy atom. The summed E-state index contributed by atoms with van der Waals surface area (Å²) in [6, 6.07) is 4.32. The molecule has 2 aromatic rings. The molecule has 1 heterocycles. The number of benzene rings is 1. The molecule has 1 aromatic heterocycles. The number of hydrogen-bond donors (Lipinski definition) is 1. The summed E-state index contributed by atoms with van der Waals surface area (Å²) in [5, 5.41) is 10.7. The van der Waals surface area contributed by atoms with Crippen LogP contribution in [-0.4, -0.2) is 20.3 Å². The molecule has 1 N–H and O–H groups in total. The van der Waals surface area contributed by atoms with Crippen molar-refractivity contribution in [2.75, 3.05) is 0 Å². The minimum atomic E-state index is -0.537. The first kappa shape index (κ1) is 12.7. The first-order valence-corrected chi connectivity index (χ1v) is 7.22. The molecule has 1 aliphatic carbocycles. The highest BCUT2D eigenvalue weighted by atomic mass is 16.3. The lowest BCUT2D eigenvalue weighted by atomic mass is 9.85. The third-order valence-corrected chi connectivity index (χ3v) is 4.49. The zero-order valence-electron chi connectivity index (χ0n) is 11.8. The first-order chi connectivity index (χ1) is 9.07. The van der Waals surface area contributed by atoms with Gasteiger partial charge in [-0.2, -0.15) is 0 Å². The second-order valence-electron chi connectivity index (χ2n) is 6.08. The summed E-state index contributed by atoms with van der Waals surface area (Å²) in [7, 11) is 0. The van der Waals surface area contributed by atoms with E-state index in [9.17, 15) is 5.11 Å². The van der Waals surface area contributed by atoms with Crippen molar-refractivity contribution < 1.29 is 5.11 Å². The molecule has 3 rings (SSSR count). The van der Waals surface area contributed by atoms with E-state index in [1.165, 1.54) is 17.5 Å². The van der Waals surface area contributed by atoms with Gasteiger partial charge >= 0.3 is 0 Å². The summed E-state index contributed by atoms with van der Waals surface area (Å²) in [4.78, 5) is 4.47. The molecule has 3 heteroatoms. The molecule has 3 nitrogen and oxygen atoms in total. The fourth-order valence-electron chi connectivity index (χ4n) is 3.12. The van der Waals surface area contributed by atoms with E-state index >= 15 is 0 Å². The number of aliphatic hydroxyl groups is 1. The standard InChI is InChI=1S/C16H22N2O/c1-12-8-14-15(9-13(12)2)18(11-17-14)10-16(19)6-4-3-5-7-16/h8-9,11,19H,3-7,10H2,1-2H3. The summed E-state index contributed by atoms with van der Waals surface area (Å²) >= 11 is 0. The van der Waals surface area contributed by atoms with Crippen molar-refractivity contribution in [2.24, 2.45) is 0 Å². The van der Waals surface area contributed by atoms with Crippen LogP contribution in [-0.2, 0) is 6.54 Å². The lowest BCUT2D eigenvalue weighted by molar-refractivity contribution is -0.0105.